The summed E-state index contributed by atoms with van der Waals surface area (Å²) in [6.45, 7) is 7.82. The molecule has 1 fully saturated rings. The van der Waals surface area contributed by atoms with Crippen LogP contribution in [-0.2, 0) is 21.9 Å². The maximum absolute atomic E-state index is 13.4. The molecule has 3 rings (SSSR count). The van der Waals surface area contributed by atoms with E-state index in [0.717, 1.165) is 11.5 Å². The van der Waals surface area contributed by atoms with Gasteiger partial charge in [-0.25, -0.2) is 0 Å². The molecule has 0 radical (unpaired) electrons. The van der Waals surface area contributed by atoms with E-state index in [0.29, 0.717) is 5.56 Å². The molecule has 4 nitrogen and oxygen atoms in total. The zero-order valence-corrected chi connectivity index (χ0v) is 16.8. The van der Waals surface area contributed by atoms with Gasteiger partial charge < -0.3 is 15.0 Å². The van der Waals surface area contributed by atoms with E-state index in [-0.39, 0.29) is 17.5 Å². The van der Waals surface area contributed by atoms with E-state index >= 15 is 0 Å². The number of rotatable bonds is 4. The molecule has 29 heavy (non-hydrogen) atoms. The predicted molar refractivity (Wildman–Crippen MR) is 105 cm³/mol. The second kappa shape index (κ2) is 7.18. The predicted octanol–water partition coefficient (Wildman–Crippen LogP) is 3.69. The highest BCUT2D eigenvalue weighted by Gasteiger charge is 2.51. The van der Waals surface area contributed by atoms with Crippen LogP contribution in [0.1, 0.15) is 54.7 Å². The van der Waals surface area contributed by atoms with Crippen LogP contribution in [0.25, 0.3) is 0 Å². The van der Waals surface area contributed by atoms with Crippen LogP contribution in [0.5, 0.6) is 0 Å². The van der Waals surface area contributed by atoms with Crippen molar-refractivity contribution in [2.75, 3.05) is 0 Å². The highest BCUT2D eigenvalue weighted by Crippen LogP contribution is 2.37. The van der Waals surface area contributed by atoms with Gasteiger partial charge in [0.1, 0.15) is 0 Å². The number of hydrogen-bond acceptors (Lipinski definition) is 3. The third-order valence-electron chi connectivity index (χ3n) is 5.60. The van der Waals surface area contributed by atoms with Gasteiger partial charge in [-0.2, -0.15) is 13.2 Å². The van der Waals surface area contributed by atoms with Crippen LogP contribution in [0.3, 0.4) is 0 Å². The number of carbonyl (C=O) groups is 1. The Kier molecular flexibility index (Phi) is 5.30. The van der Waals surface area contributed by atoms with Crippen LogP contribution in [0.2, 0.25) is 0 Å². The third kappa shape index (κ3) is 4.33. The first-order valence-corrected chi connectivity index (χ1v) is 9.24. The van der Waals surface area contributed by atoms with Gasteiger partial charge in [-0.15, -0.1) is 0 Å². The number of nitrogens with two attached hydrogens (primary N) is 1. The second-order valence-electron chi connectivity index (χ2n) is 8.24. The largest absolute Gasteiger partial charge is 0.494 e. The van der Waals surface area contributed by atoms with Gasteiger partial charge in [-0.1, -0.05) is 30.3 Å². The molecule has 8 heteroatoms. The summed E-state index contributed by atoms with van der Waals surface area (Å²) < 4.78 is 52.3. The average molecular weight is 405 g/mol. The Bertz CT molecular complexity index is 908. The molecular formula is C21H23BF3NO3. The molecule has 0 bridgehead atoms. The molecule has 154 valence electrons. The van der Waals surface area contributed by atoms with Gasteiger partial charge in [0.2, 0.25) is 5.91 Å². The van der Waals surface area contributed by atoms with Gasteiger partial charge in [0.05, 0.1) is 16.8 Å². The lowest BCUT2D eigenvalue weighted by Crippen LogP contribution is -2.41. The van der Waals surface area contributed by atoms with Gasteiger partial charge >= 0.3 is 13.3 Å². The Labute approximate surface area is 168 Å². The minimum absolute atomic E-state index is 0.0670. The fourth-order valence-electron chi connectivity index (χ4n) is 3.14. The number of halogens is 3. The van der Waals surface area contributed by atoms with Crippen molar-refractivity contribution < 1.29 is 27.3 Å². The van der Waals surface area contributed by atoms with Crippen molar-refractivity contribution in [1.82, 2.24) is 0 Å². The number of alkyl halides is 3. The van der Waals surface area contributed by atoms with Crippen LogP contribution in [-0.4, -0.2) is 24.2 Å². The Hall–Kier alpha value is -2.32. The van der Waals surface area contributed by atoms with Crippen molar-refractivity contribution in [1.29, 1.82) is 0 Å². The number of hydrogen-bond donors (Lipinski definition) is 1. The quantitative estimate of drug-likeness (QED) is 0.790. The summed E-state index contributed by atoms with van der Waals surface area (Å²) in [6, 6.07) is 10.5. The maximum atomic E-state index is 13.4. The van der Waals surface area contributed by atoms with E-state index in [2.05, 4.69) is 0 Å². The first kappa shape index (κ1) is 21.4. The van der Waals surface area contributed by atoms with Crippen molar-refractivity contribution in [2.45, 2.75) is 51.5 Å². The number of primary amides is 1. The molecule has 2 aromatic carbocycles. The molecule has 0 spiro atoms. The first-order chi connectivity index (χ1) is 13.3. The molecule has 1 aliphatic rings. The summed E-state index contributed by atoms with van der Waals surface area (Å²) in [5.74, 6) is -0.895. The Balaban J connectivity index is 1.83. The van der Waals surface area contributed by atoms with Crippen molar-refractivity contribution in [3.8, 4) is 0 Å². The lowest BCUT2D eigenvalue weighted by molar-refractivity contribution is -0.138. The van der Waals surface area contributed by atoms with Crippen molar-refractivity contribution in [3.63, 3.8) is 0 Å². The Morgan fingerprint density at radius 1 is 1.00 bits per heavy atom. The summed E-state index contributed by atoms with van der Waals surface area (Å²) >= 11 is 0. The van der Waals surface area contributed by atoms with Crippen LogP contribution in [0, 0.1) is 0 Å². The van der Waals surface area contributed by atoms with E-state index in [1.807, 2.05) is 27.7 Å². The molecule has 0 aliphatic carbocycles. The van der Waals surface area contributed by atoms with E-state index in [1.54, 1.807) is 24.3 Å². The van der Waals surface area contributed by atoms with Gasteiger partial charge in [-0.05, 0) is 62.8 Å². The van der Waals surface area contributed by atoms with E-state index in [4.69, 9.17) is 15.0 Å². The van der Waals surface area contributed by atoms with E-state index in [9.17, 15) is 18.0 Å². The van der Waals surface area contributed by atoms with E-state index in [1.165, 1.54) is 12.1 Å². The first-order valence-electron chi connectivity index (χ1n) is 9.24. The molecule has 2 N–H and O–H groups in total. The SMILES string of the molecule is CC1(C)OB(c2ccc(Cc3ccc(C(N)=O)cc3C(F)(F)F)cc2)OC1(C)C. The number of benzene rings is 2. The second-order valence-corrected chi connectivity index (χ2v) is 8.24. The molecule has 1 saturated heterocycles. The average Bonchev–Trinajstić information content (AvgIpc) is 2.82. The van der Waals surface area contributed by atoms with Crippen LogP contribution in [0.4, 0.5) is 13.2 Å². The molecule has 0 unspecified atom stereocenters. The highest BCUT2D eigenvalue weighted by atomic mass is 19.4. The van der Waals surface area contributed by atoms with Crippen molar-refractivity contribution >= 4 is 18.5 Å². The standard InChI is InChI=1S/C21H23BF3NO3/c1-19(2)20(3,4)29-22(28-19)16-9-5-13(6-10-16)11-14-7-8-15(18(26)27)12-17(14)21(23,24)25/h5-10,12H,11H2,1-4H3,(H2,26,27). The van der Waals surface area contributed by atoms with E-state index < -0.39 is 36.0 Å². The van der Waals surface area contributed by atoms with Crippen LogP contribution in [0.15, 0.2) is 42.5 Å². The molecule has 0 saturated carbocycles. The van der Waals surface area contributed by atoms with Gasteiger partial charge in [0.25, 0.3) is 0 Å². The minimum Gasteiger partial charge on any atom is -0.399 e. The summed E-state index contributed by atoms with van der Waals surface area (Å²) in [6.07, 6.45) is -4.51. The zero-order chi connectivity index (χ0) is 21.6. The molecule has 0 aromatic heterocycles. The molecule has 2 aromatic rings. The summed E-state index contributed by atoms with van der Waals surface area (Å²) in [7, 11) is -0.533. The fourth-order valence-corrected chi connectivity index (χ4v) is 3.14. The molecule has 1 heterocycles. The lowest BCUT2D eigenvalue weighted by Gasteiger charge is -2.32. The topological polar surface area (TPSA) is 61.5 Å². The minimum atomic E-state index is -4.58. The number of carbonyl (C=O) groups excluding carboxylic acids is 1. The van der Waals surface area contributed by atoms with Crippen LogP contribution >= 0.6 is 0 Å². The lowest BCUT2D eigenvalue weighted by atomic mass is 9.78. The number of amides is 1. The van der Waals surface area contributed by atoms with Gasteiger partial charge in [-0.3, -0.25) is 4.79 Å². The highest BCUT2D eigenvalue weighted by molar-refractivity contribution is 6.62. The zero-order valence-electron chi connectivity index (χ0n) is 16.8. The summed E-state index contributed by atoms with van der Waals surface area (Å²) in [5.41, 5.74) is 4.71. The van der Waals surface area contributed by atoms with Crippen molar-refractivity contribution in [2.24, 2.45) is 5.73 Å². The maximum Gasteiger partial charge on any atom is 0.494 e. The fraction of sp³-hybridized carbons (Fsp3) is 0.381. The van der Waals surface area contributed by atoms with Crippen LogP contribution < -0.4 is 11.2 Å². The molecule has 1 amide bonds. The third-order valence-corrected chi connectivity index (χ3v) is 5.60. The molecule has 0 atom stereocenters. The Morgan fingerprint density at radius 2 is 1.55 bits per heavy atom. The summed E-state index contributed by atoms with van der Waals surface area (Å²) in [4.78, 5) is 11.2. The van der Waals surface area contributed by atoms with Crippen molar-refractivity contribution in [3.05, 3.63) is 64.7 Å². The smallest absolute Gasteiger partial charge is 0.399 e. The normalized spacial score (nSPS) is 18.1. The molecular weight excluding hydrogens is 382 g/mol. The van der Waals surface area contributed by atoms with Gasteiger partial charge in [0, 0.05) is 5.56 Å². The monoisotopic (exact) mass is 405 g/mol. The molecule has 1 aliphatic heterocycles. The Morgan fingerprint density at radius 3 is 2.03 bits per heavy atom. The van der Waals surface area contributed by atoms with Gasteiger partial charge in [0.15, 0.2) is 0 Å². The summed E-state index contributed by atoms with van der Waals surface area (Å²) in [5, 5.41) is 0.